The number of benzene rings is 3. The minimum atomic E-state index is -0.815. The fourth-order valence-electron chi connectivity index (χ4n) is 5.14. The molecule has 2 amide bonds. The number of fused-ring (bicyclic) bond motifs is 2. The van der Waals surface area contributed by atoms with Gasteiger partial charge in [0.2, 0.25) is 11.8 Å². The van der Waals surface area contributed by atoms with Crippen LogP contribution in [0.4, 0.5) is 11.4 Å². The average molecular weight is 610 g/mol. The monoisotopic (exact) mass is 609 g/mol. The highest BCUT2D eigenvalue weighted by Crippen LogP contribution is 2.53. The number of nitrogens with one attached hydrogen (secondary N) is 1. The van der Waals surface area contributed by atoms with Gasteiger partial charge >= 0.3 is 4.87 Å². The second-order valence-electron chi connectivity index (χ2n) is 9.36. The number of non-ortho nitro benzene ring substituents is 1. The number of halogens is 1. The maximum absolute atomic E-state index is 13.9. The Labute approximate surface area is 246 Å². The normalized spacial score (nSPS) is 19.6. The predicted molar refractivity (Wildman–Crippen MR) is 154 cm³/mol. The zero-order chi connectivity index (χ0) is 28.8. The molecule has 1 N–H and O–H groups in total. The molecule has 2 aliphatic rings. The molecule has 0 saturated carbocycles. The third-order valence-corrected chi connectivity index (χ3v) is 9.61. The smallest absolute Gasteiger partial charge is 0.305 e. The summed E-state index contributed by atoms with van der Waals surface area (Å²) in [7, 11) is 1.51. The third-order valence-electron chi connectivity index (χ3n) is 6.97. The molecule has 0 aliphatic carbocycles. The summed E-state index contributed by atoms with van der Waals surface area (Å²) >= 11 is 8.24. The highest BCUT2D eigenvalue weighted by atomic mass is 35.5. The molecule has 0 radical (unpaired) electrons. The van der Waals surface area contributed by atoms with Gasteiger partial charge in [-0.3, -0.25) is 24.5 Å². The van der Waals surface area contributed by atoms with Crippen LogP contribution in [0.25, 0.3) is 0 Å². The van der Waals surface area contributed by atoms with Crippen molar-refractivity contribution in [2.45, 2.75) is 22.8 Å². The van der Waals surface area contributed by atoms with Gasteiger partial charge in [0.1, 0.15) is 11.9 Å². The van der Waals surface area contributed by atoms with Crippen molar-refractivity contribution >= 4 is 57.9 Å². The summed E-state index contributed by atoms with van der Waals surface area (Å²) in [5.74, 6) is -1.43. The van der Waals surface area contributed by atoms with Gasteiger partial charge in [-0.2, -0.15) is 0 Å². The zero-order valence-corrected chi connectivity index (χ0v) is 23.6. The van der Waals surface area contributed by atoms with Gasteiger partial charge in [-0.05, 0) is 47.5 Å². The molecule has 208 valence electrons. The molecule has 1 fully saturated rings. The molecule has 0 unspecified atom stereocenters. The van der Waals surface area contributed by atoms with Crippen LogP contribution in [0.15, 0.2) is 76.6 Å². The Morgan fingerprint density at radius 1 is 1.02 bits per heavy atom. The molecular formula is C28H20ClN3O7S2. The average Bonchev–Trinajstić information content (AvgIpc) is 3.46. The summed E-state index contributed by atoms with van der Waals surface area (Å²) in [6.07, 6.45) is 0. The quantitative estimate of drug-likeness (QED) is 0.168. The number of thiazole rings is 1. The van der Waals surface area contributed by atoms with Crippen molar-refractivity contribution in [3.63, 3.8) is 0 Å². The minimum Gasteiger partial charge on any atom is -0.493 e. The van der Waals surface area contributed by atoms with Gasteiger partial charge in [0.15, 0.2) is 11.5 Å². The largest absolute Gasteiger partial charge is 0.493 e. The van der Waals surface area contributed by atoms with E-state index >= 15 is 0 Å². The molecule has 3 aromatic carbocycles. The fourth-order valence-corrected chi connectivity index (χ4v) is 7.87. The number of carbonyl (C=O) groups is 2. The summed E-state index contributed by atoms with van der Waals surface area (Å²) in [6.45, 7) is 0.252. The van der Waals surface area contributed by atoms with Crippen molar-refractivity contribution in [3.05, 3.63) is 108 Å². The van der Waals surface area contributed by atoms with Gasteiger partial charge in [-0.1, -0.05) is 52.9 Å². The lowest BCUT2D eigenvalue weighted by Gasteiger charge is -2.30. The van der Waals surface area contributed by atoms with Crippen molar-refractivity contribution in [2.24, 2.45) is 5.92 Å². The van der Waals surface area contributed by atoms with Gasteiger partial charge in [0, 0.05) is 28.0 Å². The Bertz CT molecular complexity index is 1750. The molecule has 41 heavy (non-hydrogen) atoms. The number of ether oxygens (including phenoxy) is 2. The summed E-state index contributed by atoms with van der Waals surface area (Å²) in [5, 5.41) is 11.4. The number of hydrogen-bond acceptors (Lipinski definition) is 9. The second kappa shape index (κ2) is 10.7. The molecule has 6 rings (SSSR count). The number of methoxy groups -OCH3 is 1. The number of amides is 2. The number of aromatic amines is 1. The van der Waals surface area contributed by atoms with Crippen LogP contribution in [0.3, 0.4) is 0 Å². The molecule has 1 saturated heterocycles. The summed E-state index contributed by atoms with van der Waals surface area (Å²) < 4.78 is 11.6. The Kier molecular flexibility index (Phi) is 7.06. The topological polar surface area (TPSA) is 132 Å². The van der Waals surface area contributed by atoms with Gasteiger partial charge < -0.3 is 14.5 Å². The number of anilines is 1. The fraction of sp³-hybridized carbons (Fsp3) is 0.179. The Balaban J connectivity index is 1.36. The maximum Gasteiger partial charge on any atom is 0.305 e. The van der Waals surface area contributed by atoms with Gasteiger partial charge in [0.25, 0.3) is 5.69 Å². The van der Waals surface area contributed by atoms with Crippen molar-refractivity contribution in [3.8, 4) is 11.5 Å². The van der Waals surface area contributed by atoms with Crippen LogP contribution >= 0.6 is 34.7 Å². The molecule has 4 aromatic rings. The SMILES string of the molecule is COc1cc([C@H]2c3sc(=O)[nH]c3S[C@H]3C(=O)N(c4ccc([N+](=O)[O-])cc4)C(=O)[C@H]23)ccc1OCc1cccc(Cl)c1. The van der Waals surface area contributed by atoms with Crippen LogP contribution in [0.2, 0.25) is 5.02 Å². The van der Waals surface area contributed by atoms with Crippen LogP contribution in [-0.2, 0) is 16.2 Å². The van der Waals surface area contributed by atoms with E-state index in [1.807, 2.05) is 12.1 Å². The van der Waals surface area contributed by atoms with E-state index in [-0.39, 0.29) is 22.9 Å². The van der Waals surface area contributed by atoms with E-state index in [2.05, 4.69) is 4.98 Å². The molecule has 0 spiro atoms. The number of aromatic nitrogens is 1. The van der Waals surface area contributed by atoms with E-state index in [4.69, 9.17) is 21.1 Å². The molecule has 10 nitrogen and oxygen atoms in total. The number of rotatable bonds is 7. The Morgan fingerprint density at radius 2 is 1.80 bits per heavy atom. The van der Waals surface area contributed by atoms with Crippen LogP contribution in [0.1, 0.15) is 21.9 Å². The van der Waals surface area contributed by atoms with E-state index in [0.717, 1.165) is 33.6 Å². The second-order valence-corrected chi connectivity index (χ2v) is 12.0. The first-order chi connectivity index (χ1) is 19.7. The standard InChI is InChI=1S/C28H20ClN3O7S2/c1-38-20-12-15(5-10-19(20)39-13-14-3-2-4-16(29)11-14)21-22-24(40-25-23(21)41-28(35)30-25)27(34)31(26(22)33)17-6-8-18(9-7-17)32(36)37/h2-12,21-22,24H,13H2,1H3,(H,30,35)/t21-,22-,24-/m1/s1. The van der Waals surface area contributed by atoms with Gasteiger partial charge in [-0.15, -0.1) is 0 Å². The van der Waals surface area contributed by atoms with E-state index in [0.29, 0.717) is 32.0 Å². The Morgan fingerprint density at radius 3 is 2.51 bits per heavy atom. The first kappa shape index (κ1) is 27.1. The maximum atomic E-state index is 13.9. The summed E-state index contributed by atoms with van der Waals surface area (Å²) in [4.78, 5) is 54.6. The van der Waals surface area contributed by atoms with E-state index in [1.165, 1.54) is 31.4 Å². The van der Waals surface area contributed by atoms with Crippen LogP contribution in [0, 0.1) is 16.0 Å². The number of nitro benzene ring substituents is 1. The first-order valence-electron chi connectivity index (χ1n) is 12.3. The van der Waals surface area contributed by atoms with E-state index in [1.54, 1.807) is 30.3 Å². The first-order valence-corrected chi connectivity index (χ1v) is 14.4. The van der Waals surface area contributed by atoms with Crippen molar-refractivity contribution in [1.29, 1.82) is 0 Å². The molecule has 3 atom stereocenters. The lowest BCUT2D eigenvalue weighted by Crippen LogP contribution is -2.32. The van der Waals surface area contributed by atoms with Crippen molar-refractivity contribution in [1.82, 2.24) is 4.98 Å². The molecule has 2 aliphatic heterocycles. The minimum absolute atomic E-state index is 0.151. The summed E-state index contributed by atoms with van der Waals surface area (Å²) in [6, 6.07) is 17.9. The van der Waals surface area contributed by atoms with Crippen molar-refractivity contribution < 1.29 is 24.0 Å². The lowest BCUT2D eigenvalue weighted by atomic mass is 9.83. The van der Waals surface area contributed by atoms with Crippen LogP contribution in [-0.4, -0.2) is 34.1 Å². The number of carbonyl (C=O) groups excluding carboxylic acids is 2. The summed E-state index contributed by atoms with van der Waals surface area (Å²) in [5.41, 5.74) is 1.65. The number of imide groups is 1. The zero-order valence-electron chi connectivity index (χ0n) is 21.2. The van der Waals surface area contributed by atoms with E-state index < -0.39 is 33.8 Å². The molecule has 0 bridgehead atoms. The highest BCUT2D eigenvalue weighted by Gasteiger charge is 2.56. The molecule has 1 aromatic heterocycles. The van der Waals surface area contributed by atoms with Gasteiger partial charge in [-0.25, -0.2) is 4.90 Å². The lowest BCUT2D eigenvalue weighted by molar-refractivity contribution is -0.384. The van der Waals surface area contributed by atoms with Crippen LogP contribution < -0.4 is 19.2 Å². The predicted octanol–water partition coefficient (Wildman–Crippen LogP) is 5.38. The molecule has 3 heterocycles. The molecule has 13 heteroatoms. The van der Waals surface area contributed by atoms with E-state index in [9.17, 15) is 24.5 Å². The number of nitrogens with zero attached hydrogens (tertiary/aromatic N) is 2. The number of nitro groups is 1. The number of hydrogen-bond donors (Lipinski definition) is 1. The Hall–Kier alpha value is -4.13. The number of H-pyrrole nitrogens is 1. The third kappa shape index (κ3) is 4.88. The molecular weight excluding hydrogens is 590 g/mol. The van der Waals surface area contributed by atoms with Crippen LogP contribution in [0.5, 0.6) is 11.5 Å². The highest BCUT2D eigenvalue weighted by molar-refractivity contribution is 8.00. The van der Waals surface area contributed by atoms with Crippen molar-refractivity contribution in [2.75, 3.05) is 12.0 Å². The number of thioether (sulfide) groups is 1. The van der Waals surface area contributed by atoms with Gasteiger partial charge in [0.05, 0.1) is 28.7 Å².